The predicted octanol–water partition coefficient (Wildman–Crippen LogP) is 1.26. The van der Waals surface area contributed by atoms with Crippen LogP contribution in [0.15, 0.2) is 5.16 Å². The van der Waals surface area contributed by atoms with Crippen molar-refractivity contribution in [3.63, 3.8) is 0 Å². The largest absolute Gasteiger partial charge is 0.478 e. The van der Waals surface area contributed by atoms with Crippen molar-refractivity contribution in [1.82, 2.24) is 20.2 Å². The molecule has 1 aromatic heterocycles. The fourth-order valence-corrected chi connectivity index (χ4v) is 2.45. The molecule has 6 nitrogen and oxygen atoms in total. The van der Waals surface area contributed by atoms with E-state index in [0.29, 0.717) is 11.8 Å². The Morgan fingerprint density at radius 2 is 2.25 bits per heavy atom. The van der Waals surface area contributed by atoms with Gasteiger partial charge in [-0.2, -0.15) is 0 Å². The number of aromatic nitrogens is 4. The van der Waals surface area contributed by atoms with Crippen LogP contribution in [-0.2, 0) is 4.79 Å². The molecule has 1 aromatic rings. The van der Waals surface area contributed by atoms with E-state index in [1.807, 2.05) is 0 Å². The van der Waals surface area contributed by atoms with Crippen molar-refractivity contribution in [3.8, 4) is 0 Å². The van der Waals surface area contributed by atoms with Crippen molar-refractivity contribution < 1.29 is 14.3 Å². The molecule has 1 aliphatic carbocycles. The highest BCUT2D eigenvalue weighted by Gasteiger charge is 2.26. The molecular weight excluding hydrogens is 235 g/mol. The zero-order valence-corrected chi connectivity index (χ0v) is 9.23. The van der Waals surface area contributed by atoms with E-state index in [9.17, 15) is 9.18 Å². The standard InChI is InChI=1S/C8H11FN4O2S/c9-6(7(14)15)16-8-10-11-12-13(8)5-3-1-2-4-5/h5-6H,1-4H2,(H,14,15). The van der Waals surface area contributed by atoms with Gasteiger partial charge in [0.25, 0.3) is 0 Å². The summed E-state index contributed by atoms with van der Waals surface area (Å²) in [6.07, 6.45) is 4.13. The first-order chi connectivity index (χ1) is 7.68. The minimum atomic E-state index is -2.02. The number of halogens is 1. The maximum Gasteiger partial charge on any atom is 0.349 e. The number of hydrogen-bond acceptors (Lipinski definition) is 5. The Kier molecular flexibility index (Phi) is 3.37. The van der Waals surface area contributed by atoms with Crippen LogP contribution in [0.25, 0.3) is 0 Å². The quantitative estimate of drug-likeness (QED) is 0.805. The number of nitrogens with zero attached hydrogens (tertiary/aromatic N) is 4. The van der Waals surface area contributed by atoms with E-state index in [1.165, 1.54) is 4.68 Å². The number of carboxylic acids is 1. The van der Waals surface area contributed by atoms with Crippen molar-refractivity contribution in [1.29, 1.82) is 0 Å². The second-order valence-electron chi connectivity index (χ2n) is 3.62. The van der Waals surface area contributed by atoms with Crippen LogP contribution in [0.1, 0.15) is 31.7 Å². The van der Waals surface area contributed by atoms with Crippen LogP contribution in [0, 0.1) is 0 Å². The monoisotopic (exact) mass is 246 g/mol. The lowest BCUT2D eigenvalue weighted by Gasteiger charge is -2.10. The summed E-state index contributed by atoms with van der Waals surface area (Å²) in [6, 6.07) is 0.179. The number of aliphatic carboxylic acids is 1. The Morgan fingerprint density at radius 1 is 1.56 bits per heavy atom. The molecule has 0 spiro atoms. The lowest BCUT2D eigenvalue weighted by atomic mass is 10.3. The van der Waals surface area contributed by atoms with E-state index < -0.39 is 11.5 Å². The molecule has 0 amide bonds. The molecule has 0 aromatic carbocycles. The topological polar surface area (TPSA) is 80.9 Å². The van der Waals surface area contributed by atoms with Gasteiger partial charge in [0.2, 0.25) is 10.7 Å². The highest BCUT2D eigenvalue weighted by atomic mass is 32.2. The third-order valence-corrected chi connectivity index (χ3v) is 3.42. The molecule has 1 aliphatic rings. The van der Waals surface area contributed by atoms with Gasteiger partial charge in [-0.1, -0.05) is 12.8 Å². The molecule has 88 valence electrons. The second-order valence-corrected chi connectivity index (χ2v) is 4.63. The Hall–Kier alpha value is -1.18. The van der Waals surface area contributed by atoms with E-state index in [-0.39, 0.29) is 11.2 Å². The zero-order valence-electron chi connectivity index (χ0n) is 8.41. The third kappa shape index (κ3) is 2.31. The fraction of sp³-hybridized carbons (Fsp3) is 0.750. The number of tetrazole rings is 1. The average Bonchev–Trinajstić information content (AvgIpc) is 2.85. The van der Waals surface area contributed by atoms with E-state index in [1.54, 1.807) is 0 Å². The van der Waals surface area contributed by atoms with Crippen LogP contribution in [0.3, 0.4) is 0 Å². The zero-order chi connectivity index (χ0) is 11.5. The summed E-state index contributed by atoms with van der Waals surface area (Å²) in [6.45, 7) is 0. The van der Waals surface area contributed by atoms with Crippen LogP contribution in [0.2, 0.25) is 0 Å². The van der Waals surface area contributed by atoms with Gasteiger partial charge in [0.1, 0.15) is 0 Å². The molecule has 8 heteroatoms. The summed E-state index contributed by atoms with van der Waals surface area (Å²) >= 11 is 0.532. The Morgan fingerprint density at radius 3 is 2.88 bits per heavy atom. The Bertz CT molecular complexity index is 380. The number of carboxylic acid groups (broad SMARTS) is 1. The van der Waals surface area contributed by atoms with Gasteiger partial charge in [-0.25, -0.2) is 13.9 Å². The molecule has 0 aliphatic heterocycles. The van der Waals surface area contributed by atoms with Gasteiger partial charge in [0.05, 0.1) is 6.04 Å². The minimum Gasteiger partial charge on any atom is -0.478 e. The van der Waals surface area contributed by atoms with E-state index in [4.69, 9.17) is 5.11 Å². The predicted molar refractivity (Wildman–Crippen MR) is 53.7 cm³/mol. The molecule has 0 radical (unpaired) electrons. The number of carbonyl (C=O) groups is 1. The van der Waals surface area contributed by atoms with Crippen molar-refractivity contribution in [3.05, 3.63) is 0 Å². The van der Waals surface area contributed by atoms with Crippen LogP contribution >= 0.6 is 11.8 Å². The highest BCUT2D eigenvalue weighted by Crippen LogP contribution is 2.32. The first-order valence-corrected chi connectivity index (χ1v) is 5.88. The molecule has 1 unspecified atom stereocenters. The second kappa shape index (κ2) is 4.77. The number of thioether (sulfide) groups is 1. The van der Waals surface area contributed by atoms with Crippen LogP contribution in [-0.4, -0.2) is 36.8 Å². The van der Waals surface area contributed by atoms with Crippen LogP contribution in [0.4, 0.5) is 4.39 Å². The van der Waals surface area contributed by atoms with Crippen LogP contribution in [0.5, 0.6) is 0 Å². The van der Waals surface area contributed by atoms with Gasteiger partial charge in [-0.3, -0.25) is 0 Å². The summed E-state index contributed by atoms with van der Waals surface area (Å²) < 4.78 is 14.5. The van der Waals surface area contributed by atoms with Gasteiger partial charge >= 0.3 is 5.97 Å². The molecule has 1 atom stereocenters. The van der Waals surface area contributed by atoms with Crippen molar-refractivity contribution in [2.45, 2.75) is 42.4 Å². The Labute approximate surface area is 95.2 Å². The molecule has 1 fully saturated rings. The van der Waals surface area contributed by atoms with E-state index in [0.717, 1.165) is 25.7 Å². The first-order valence-electron chi connectivity index (χ1n) is 5.00. The number of rotatable bonds is 4. The summed E-state index contributed by atoms with van der Waals surface area (Å²) in [5, 5.41) is 19.6. The maximum absolute atomic E-state index is 13.0. The van der Waals surface area contributed by atoms with Gasteiger partial charge < -0.3 is 5.11 Å². The molecule has 1 saturated carbocycles. The summed E-state index contributed by atoms with van der Waals surface area (Å²) in [4.78, 5) is 10.4. The molecule has 0 saturated heterocycles. The van der Waals surface area contributed by atoms with Gasteiger partial charge in [0, 0.05) is 0 Å². The average molecular weight is 246 g/mol. The van der Waals surface area contributed by atoms with Crippen LogP contribution < -0.4 is 0 Å². The lowest BCUT2D eigenvalue weighted by molar-refractivity contribution is -0.139. The fourth-order valence-electron chi connectivity index (χ4n) is 1.78. The lowest BCUT2D eigenvalue weighted by Crippen LogP contribution is -2.13. The SMILES string of the molecule is O=C(O)C(F)Sc1nnnn1C1CCCC1. The normalized spacial score (nSPS) is 18.8. The first kappa shape index (κ1) is 11.3. The van der Waals surface area contributed by atoms with Crippen molar-refractivity contribution >= 4 is 17.7 Å². The van der Waals surface area contributed by atoms with Gasteiger partial charge in [-0.15, -0.1) is 5.10 Å². The summed E-state index contributed by atoms with van der Waals surface area (Å²) in [5.41, 5.74) is -2.02. The third-order valence-electron chi connectivity index (χ3n) is 2.54. The molecular formula is C8H11FN4O2S. The summed E-state index contributed by atoms with van der Waals surface area (Å²) in [7, 11) is 0. The molecule has 0 bridgehead atoms. The smallest absolute Gasteiger partial charge is 0.349 e. The molecule has 1 N–H and O–H groups in total. The molecule has 16 heavy (non-hydrogen) atoms. The van der Waals surface area contributed by atoms with Crippen molar-refractivity contribution in [2.24, 2.45) is 0 Å². The van der Waals surface area contributed by atoms with Crippen molar-refractivity contribution in [2.75, 3.05) is 0 Å². The minimum absolute atomic E-state index is 0.179. The summed E-state index contributed by atoms with van der Waals surface area (Å²) in [5.74, 6) is -1.51. The van der Waals surface area contributed by atoms with E-state index >= 15 is 0 Å². The number of hydrogen-bond donors (Lipinski definition) is 1. The van der Waals surface area contributed by atoms with Gasteiger partial charge in [-0.05, 0) is 35.0 Å². The molecule has 2 rings (SSSR count). The maximum atomic E-state index is 13.0. The number of alkyl halides is 1. The van der Waals surface area contributed by atoms with E-state index in [2.05, 4.69) is 15.5 Å². The highest BCUT2D eigenvalue weighted by molar-refractivity contribution is 8.00. The molecule has 1 heterocycles. The van der Waals surface area contributed by atoms with Gasteiger partial charge in [0.15, 0.2) is 0 Å². The Balaban J connectivity index is 2.09.